The third-order valence-corrected chi connectivity index (χ3v) is 7.91. The first-order valence-corrected chi connectivity index (χ1v) is 12.0. The molecule has 1 unspecified atom stereocenters. The quantitative estimate of drug-likeness (QED) is 0.664. The highest BCUT2D eigenvalue weighted by Crippen LogP contribution is 2.40. The molecular formula is C22H25NO5S2. The number of hydrogen-bond donors (Lipinski definition) is 1. The van der Waals surface area contributed by atoms with Crippen LogP contribution in [0.5, 0.6) is 0 Å². The minimum Gasteiger partial charge on any atom is -0.462 e. The largest absolute Gasteiger partial charge is 0.462 e. The van der Waals surface area contributed by atoms with Crippen molar-refractivity contribution in [3.8, 4) is 0 Å². The van der Waals surface area contributed by atoms with Crippen molar-refractivity contribution in [2.75, 3.05) is 18.5 Å². The molecule has 1 amide bonds. The summed E-state index contributed by atoms with van der Waals surface area (Å²) in [6, 6.07) is 1.88. The second-order valence-corrected chi connectivity index (χ2v) is 10.1. The Morgan fingerprint density at radius 3 is 2.70 bits per heavy atom. The van der Waals surface area contributed by atoms with Crippen molar-refractivity contribution in [1.29, 1.82) is 0 Å². The lowest BCUT2D eigenvalue weighted by atomic mass is 9.88. The lowest BCUT2D eigenvalue weighted by Gasteiger charge is -2.18. The van der Waals surface area contributed by atoms with E-state index in [9.17, 15) is 14.4 Å². The summed E-state index contributed by atoms with van der Waals surface area (Å²) in [5, 5.41) is 3.26. The summed E-state index contributed by atoms with van der Waals surface area (Å²) in [5.41, 5.74) is 2.66. The van der Waals surface area contributed by atoms with Gasteiger partial charge in [0.2, 0.25) is 0 Å². The van der Waals surface area contributed by atoms with Crippen LogP contribution in [-0.2, 0) is 40.0 Å². The summed E-state index contributed by atoms with van der Waals surface area (Å²) in [5.74, 6) is -0.799. The van der Waals surface area contributed by atoms with Gasteiger partial charge in [-0.25, -0.2) is 9.59 Å². The average Bonchev–Trinajstić information content (AvgIpc) is 3.38. The summed E-state index contributed by atoms with van der Waals surface area (Å²) in [6.07, 6.45) is 5.83. The van der Waals surface area contributed by atoms with Crippen LogP contribution in [0.3, 0.4) is 0 Å². The van der Waals surface area contributed by atoms with Crippen molar-refractivity contribution >= 4 is 45.5 Å². The van der Waals surface area contributed by atoms with Crippen molar-refractivity contribution in [3.05, 3.63) is 37.4 Å². The summed E-state index contributed by atoms with van der Waals surface area (Å²) in [4.78, 5) is 40.2. The molecule has 0 fully saturated rings. The normalized spacial score (nSPS) is 17.2. The van der Waals surface area contributed by atoms with Crippen molar-refractivity contribution in [3.63, 3.8) is 0 Å². The second kappa shape index (κ2) is 8.89. The van der Waals surface area contributed by atoms with Gasteiger partial charge in [0, 0.05) is 9.75 Å². The molecule has 1 N–H and O–H groups in total. The summed E-state index contributed by atoms with van der Waals surface area (Å²) in [7, 11) is 0. The minimum atomic E-state index is -0.477. The number of aryl methyl sites for hydroxylation is 2. The Morgan fingerprint density at radius 1 is 1.10 bits per heavy atom. The van der Waals surface area contributed by atoms with Gasteiger partial charge in [0.1, 0.15) is 9.88 Å². The highest BCUT2D eigenvalue weighted by Gasteiger charge is 2.29. The molecule has 2 aliphatic rings. The maximum absolute atomic E-state index is 12.5. The number of fused-ring (bicyclic) bond motifs is 2. The van der Waals surface area contributed by atoms with Gasteiger partial charge in [-0.3, -0.25) is 4.79 Å². The molecule has 6 nitrogen and oxygen atoms in total. The Hall–Kier alpha value is -2.19. The van der Waals surface area contributed by atoms with Crippen LogP contribution in [-0.4, -0.2) is 31.1 Å². The Bertz CT molecular complexity index is 969. The average molecular weight is 448 g/mol. The molecule has 30 heavy (non-hydrogen) atoms. The van der Waals surface area contributed by atoms with Gasteiger partial charge in [-0.15, -0.1) is 22.7 Å². The van der Waals surface area contributed by atoms with Crippen molar-refractivity contribution < 1.29 is 23.9 Å². The molecule has 2 aromatic rings. The first-order valence-electron chi connectivity index (χ1n) is 10.4. The molecule has 0 radical (unpaired) electrons. The van der Waals surface area contributed by atoms with Gasteiger partial charge in [-0.1, -0.05) is 6.92 Å². The van der Waals surface area contributed by atoms with Crippen LogP contribution in [0.4, 0.5) is 5.00 Å². The Kier molecular flexibility index (Phi) is 6.24. The van der Waals surface area contributed by atoms with E-state index in [4.69, 9.17) is 9.47 Å². The monoisotopic (exact) mass is 447 g/mol. The van der Waals surface area contributed by atoms with Crippen LogP contribution in [0.25, 0.3) is 0 Å². The number of esters is 2. The van der Waals surface area contributed by atoms with E-state index in [-0.39, 0.29) is 13.2 Å². The number of nitrogens with one attached hydrogen (secondary N) is 1. The number of carbonyl (C=O) groups is 3. The van der Waals surface area contributed by atoms with Gasteiger partial charge in [0.05, 0.1) is 12.2 Å². The van der Waals surface area contributed by atoms with E-state index in [0.717, 1.165) is 49.0 Å². The fourth-order valence-corrected chi connectivity index (χ4v) is 6.62. The summed E-state index contributed by atoms with van der Waals surface area (Å²) in [6.45, 7) is 3.83. The third kappa shape index (κ3) is 4.30. The highest BCUT2D eigenvalue weighted by atomic mass is 32.1. The molecule has 0 aliphatic heterocycles. The number of rotatable bonds is 6. The topological polar surface area (TPSA) is 81.7 Å². The van der Waals surface area contributed by atoms with Gasteiger partial charge >= 0.3 is 11.9 Å². The number of ether oxygens (including phenoxy) is 2. The SMILES string of the molecule is CCOC(=O)c1c(NC(=O)COC(=O)c2cc3c(s2)CCC3)sc2c1CCC(C)C2. The van der Waals surface area contributed by atoms with Crippen LogP contribution in [0.15, 0.2) is 6.07 Å². The van der Waals surface area contributed by atoms with Crippen molar-refractivity contribution in [2.45, 2.75) is 52.4 Å². The van der Waals surface area contributed by atoms with Crippen LogP contribution in [0.2, 0.25) is 0 Å². The molecule has 2 heterocycles. The molecule has 0 bridgehead atoms. The van der Waals surface area contributed by atoms with E-state index in [2.05, 4.69) is 12.2 Å². The smallest absolute Gasteiger partial charge is 0.348 e. The highest BCUT2D eigenvalue weighted by molar-refractivity contribution is 7.17. The number of carbonyl (C=O) groups excluding carboxylic acids is 3. The predicted molar refractivity (Wildman–Crippen MR) is 117 cm³/mol. The van der Waals surface area contributed by atoms with Gasteiger partial charge < -0.3 is 14.8 Å². The maximum atomic E-state index is 12.5. The molecule has 4 rings (SSSR count). The van der Waals surface area contributed by atoms with Gasteiger partial charge in [0.15, 0.2) is 6.61 Å². The zero-order chi connectivity index (χ0) is 21.3. The lowest BCUT2D eigenvalue weighted by molar-refractivity contribution is -0.119. The molecule has 2 aliphatic carbocycles. The van der Waals surface area contributed by atoms with Crippen molar-refractivity contribution in [2.24, 2.45) is 5.92 Å². The Labute approximate surface area is 183 Å². The summed E-state index contributed by atoms with van der Waals surface area (Å²) < 4.78 is 10.4. The molecule has 2 aromatic heterocycles. The lowest BCUT2D eigenvalue weighted by Crippen LogP contribution is -2.21. The zero-order valence-electron chi connectivity index (χ0n) is 17.2. The molecule has 1 atom stereocenters. The molecule has 0 saturated heterocycles. The van der Waals surface area contributed by atoms with Crippen molar-refractivity contribution in [1.82, 2.24) is 0 Å². The molecule has 0 spiro atoms. The van der Waals surface area contributed by atoms with Gasteiger partial charge in [-0.05, 0) is 68.6 Å². The van der Waals surface area contributed by atoms with Crippen LogP contribution >= 0.6 is 22.7 Å². The Morgan fingerprint density at radius 2 is 1.93 bits per heavy atom. The van der Waals surface area contributed by atoms with E-state index in [1.807, 2.05) is 6.07 Å². The predicted octanol–water partition coefficient (Wildman–Crippen LogP) is 4.40. The number of amides is 1. The fraction of sp³-hybridized carbons (Fsp3) is 0.500. The minimum absolute atomic E-state index is 0.273. The Balaban J connectivity index is 1.43. The molecule has 160 valence electrons. The first-order chi connectivity index (χ1) is 14.5. The molecule has 0 saturated carbocycles. The zero-order valence-corrected chi connectivity index (χ0v) is 18.8. The first kappa shape index (κ1) is 21.1. The molecule has 0 aromatic carbocycles. The van der Waals surface area contributed by atoms with Crippen LogP contribution < -0.4 is 5.32 Å². The molecule has 8 heteroatoms. The van der Waals surface area contributed by atoms with E-state index in [1.165, 1.54) is 33.1 Å². The maximum Gasteiger partial charge on any atom is 0.348 e. The third-order valence-electron chi connectivity index (χ3n) is 5.53. The van der Waals surface area contributed by atoms with Crippen LogP contribution in [0, 0.1) is 5.92 Å². The number of anilines is 1. The number of thiophene rings is 2. The fourth-order valence-electron chi connectivity index (χ4n) is 4.05. The van der Waals surface area contributed by atoms with E-state index in [1.54, 1.807) is 6.92 Å². The van der Waals surface area contributed by atoms with Gasteiger partial charge in [-0.2, -0.15) is 0 Å². The van der Waals surface area contributed by atoms with E-state index < -0.39 is 17.8 Å². The second-order valence-electron chi connectivity index (χ2n) is 7.81. The standard InChI is InChI=1S/C22H25NO5S2/c1-3-27-22(26)19-14-8-7-12(2)9-16(14)30-20(19)23-18(24)11-28-21(25)17-10-13-5-4-6-15(13)29-17/h10,12H,3-9,11H2,1-2H3,(H,23,24). The number of hydrogen-bond acceptors (Lipinski definition) is 7. The molecular weight excluding hydrogens is 422 g/mol. The van der Waals surface area contributed by atoms with E-state index in [0.29, 0.717) is 21.4 Å². The van der Waals surface area contributed by atoms with Crippen LogP contribution in [0.1, 0.15) is 67.6 Å². The van der Waals surface area contributed by atoms with E-state index >= 15 is 0 Å². The van der Waals surface area contributed by atoms with Gasteiger partial charge in [0.25, 0.3) is 5.91 Å². The summed E-state index contributed by atoms with van der Waals surface area (Å²) >= 11 is 2.87.